The third kappa shape index (κ3) is 3.51. The molecule has 5 heteroatoms. The number of thiophene rings is 1. The third-order valence-corrected chi connectivity index (χ3v) is 5.44. The molecule has 0 aliphatic rings. The molecule has 0 unspecified atom stereocenters. The van der Waals surface area contributed by atoms with E-state index in [4.69, 9.17) is 0 Å². The third-order valence-electron chi connectivity index (χ3n) is 4.40. The Morgan fingerprint density at radius 1 is 1.29 bits per heavy atom. The molecule has 3 rings (SSSR count). The number of fused-ring (bicyclic) bond motifs is 1. The molecule has 1 atom stereocenters. The number of nitrogens with zero attached hydrogens (tertiary/aromatic N) is 1. The fourth-order valence-electron chi connectivity index (χ4n) is 2.78. The van der Waals surface area contributed by atoms with Gasteiger partial charge >= 0.3 is 0 Å². The molecule has 3 aromatic rings. The quantitative estimate of drug-likeness (QED) is 0.694. The largest absolute Gasteiger partial charge is 0.378 e. The van der Waals surface area contributed by atoms with Crippen molar-refractivity contribution in [2.45, 2.75) is 40.2 Å². The number of aromatic amines is 1. The second kappa shape index (κ2) is 7.18. The Kier molecular flexibility index (Phi) is 5.00. The molecule has 0 amide bonds. The lowest BCUT2D eigenvalue weighted by molar-refractivity contribution is 0.561. The highest BCUT2D eigenvalue weighted by atomic mass is 32.1. The molecule has 2 heterocycles. The van der Waals surface area contributed by atoms with Crippen LogP contribution >= 0.6 is 11.3 Å². The van der Waals surface area contributed by atoms with Crippen LogP contribution < -0.4 is 10.9 Å². The zero-order valence-corrected chi connectivity index (χ0v) is 15.2. The van der Waals surface area contributed by atoms with Crippen LogP contribution in [0.5, 0.6) is 0 Å². The molecule has 0 aliphatic heterocycles. The molecule has 2 aromatic heterocycles. The number of anilines is 1. The number of aryl methyl sites for hydroxylation is 1. The molecule has 1 aromatic carbocycles. The van der Waals surface area contributed by atoms with Gasteiger partial charge in [-0.25, -0.2) is 4.98 Å². The van der Waals surface area contributed by atoms with Crippen molar-refractivity contribution in [3.05, 3.63) is 57.0 Å². The Morgan fingerprint density at radius 2 is 2.04 bits per heavy atom. The SMILES string of the molecule is CC[C@H](C)Cc1c(C)sc2nc(CNc3ccccc3)[nH]c(=O)c12. The number of benzene rings is 1. The van der Waals surface area contributed by atoms with Gasteiger partial charge in [-0.05, 0) is 37.0 Å². The fraction of sp³-hybridized carbons (Fsp3) is 0.368. The molecular weight excluding hydrogens is 318 g/mol. The van der Waals surface area contributed by atoms with Crippen LogP contribution in [0.25, 0.3) is 10.2 Å². The second-order valence-corrected chi connectivity index (χ2v) is 7.47. The summed E-state index contributed by atoms with van der Waals surface area (Å²) >= 11 is 1.62. The highest BCUT2D eigenvalue weighted by Gasteiger charge is 2.16. The zero-order chi connectivity index (χ0) is 17.1. The minimum atomic E-state index is -0.0208. The maximum atomic E-state index is 12.6. The van der Waals surface area contributed by atoms with Crippen LogP contribution in [0.4, 0.5) is 5.69 Å². The predicted octanol–water partition coefficient (Wildman–Crippen LogP) is 4.49. The highest BCUT2D eigenvalue weighted by Crippen LogP contribution is 2.29. The lowest BCUT2D eigenvalue weighted by atomic mass is 9.98. The monoisotopic (exact) mass is 341 g/mol. The van der Waals surface area contributed by atoms with E-state index in [9.17, 15) is 4.79 Å². The molecule has 0 spiro atoms. The van der Waals surface area contributed by atoms with Crippen LogP contribution in [0.1, 0.15) is 36.5 Å². The number of H-pyrrole nitrogens is 1. The smallest absolute Gasteiger partial charge is 0.259 e. The van der Waals surface area contributed by atoms with Crippen molar-refractivity contribution >= 4 is 27.2 Å². The Bertz CT molecular complexity index is 883. The van der Waals surface area contributed by atoms with Gasteiger partial charge in [0.2, 0.25) is 0 Å². The molecule has 0 radical (unpaired) electrons. The first-order valence-corrected chi connectivity index (χ1v) is 9.20. The molecule has 0 saturated heterocycles. The van der Waals surface area contributed by atoms with Gasteiger partial charge < -0.3 is 10.3 Å². The Labute approximate surface area is 146 Å². The molecule has 24 heavy (non-hydrogen) atoms. The van der Waals surface area contributed by atoms with Gasteiger partial charge in [0.15, 0.2) is 0 Å². The van der Waals surface area contributed by atoms with Gasteiger partial charge in [-0.15, -0.1) is 11.3 Å². The second-order valence-electron chi connectivity index (χ2n) is 6.27. The van der Waals surface area contributed by atoms with Gasteiger partial charge in [0.05, 0.1) is 11.9 Å². The summed E-state index contributed by atoms with van der Waals surface area (Å²) in [4.78, 5) is 22.3. The molecule has 126 valence electrons. The van der Waals surface area contributed by atoms with E-state index in [1.165, 1.54) is 10.4 Å². The normalized spacial score (nSPS) is 12.5. The Morgan fingerprint density at radius 3 is 2.75 bits per heavy atom. The molecule has 4 nitrogen and oxygen atoms in total. The Hall–Kier alpha value is -2.14. The van der Waals surface area contributed by atoms with Crippen molar-refractivity contribution < 1.29 is 0 Å². The van der Waals surface area contributed by atoms with Crippen LogP contribution in [0.15, 0.2) is 35.1 Å². The van der Waals surface area contributed by atoms with Crippen molar-refractivity contribution in [3.8, 4) is 0 Å². The van der Waals surface area contributed by atoms with Crippen molar-refractivity contribution in [1.82, 2.24) is 9.97 Å². The van der Waals surface area contributed by atoms with Crippen molar-refractivity contribution in [3.63, 3.8) is 0 Å². The minimum absolute atomic E-state index is 0.0208. The summed E-state index contributed by atoms with van der Waals surface area (Å²) in [7, 11) is 0. The van der Waals surface area contributed by atoms with E-state index >= 15 is 0 Å². The summed E-state index contributed by atoms with van der Waals surface area (Å²) in [6.45, 7) is 7.01. The summed E-state index contributed by atoms with van der Waals surface area (Å²) in [5.74, 6) is 1.24. The van der Waals surface area contributed by atoms with E-state index in [0.29, 0.717) is 18.3 Å². The topological polar surface area (TPSA) is 57.8 Å². The van der Waals surface area contributed by atoms with Crippen LogP contribution in [0.3, 0.4) is 0 Å². The first-order valence-electron chi connectivity index (χ1n) is 8.38. The summed E-state index contributed by atoms with van der Waals surface area (Å²) in [5.41, 5.74) is 2.16. The van der Waals surface area contributed by atoms with E-state index in [2.05, 4.69) is 36.1 Å². The predicted molar refractivity (Wildman–Crippen MR) is 102 cm³/mol. The number of nitrogens with one attached hydrogen (secondary N) is 2. The summed E-state index contributed by atoms with van der Waals surface area (Å²) in [5, 5.41) is 4.07. The summed E-state index contributed by atoms with van der Waals surface area (Å²) < 4.78 is 0. The first kappa shape index (κ1) is 16.7. The highest BCUT2D eigenvalue weighted by molar-refractivity contribution is 7.18. The van der Waals surface area contributed by atoms with E-state index in [1.54, 1.807) is 11.3 Å². The number of aromatic nitrogens is 2. The number of rotatable bonds is 6. The van der Waals surface area contributed by atoms with Crippen molar-refractivity contribution in [2.24, 2.45) is 5.92 Å². The fourth-order valence-corrected chi connectivity index (χ4v) is 3.86. The van der Waals surface area contributed by atoms with E-state index in [1.807, 2.05) is 30.3 Å². The van der Waals surface area contributed by atoms with Gasteiger partial charge in [-0.1, -0.05) is 38.5 Å². The minimum Gasteiger partial charge on any atom is -0.378 e. The van der Waals surface area contributed by atoms with E-state index < -0.39 is 0 Å². The van der Waals surface area contributed by atoms with Gasteiger partial charge in [0.25, 0.3) is 5.56 Å². The zero-order valence-electron chi connectivity index (χ0n) is 14.3. The maximum absolute atomic E-state index is 12.6. The number of hydrogen-bond donors (Lipinski definition) is 2. The van der Waals surface area contributed by atoms with Gasteiger partial charge in [0.1, 0.15) is 10.7 Å². The van der Waals surface area contributed by atoms with Crippen LogP contribution in [-0.2, 0) is 13.0 Å². The van der Waals surface area contributed by atoms with Crippen molar-refractivity contribution in [1.29, 1.82) is 0 Å². The van der Waals surface area contributed by atoms with Gasteiger partial charge in [-0.3, -0.25) is 4.79 Å². The lowest BCUT2D eigenvalue weighted by Crippen LogP contribution is -2.15. The molecule has 0 aliphatic carbocycles. The van der Waals surface area contributed by atoms with E-state index in [-0.39, 0.29) is 5.56 Å². The van der Waals surface area contributed by atoms with Gasteiger partial charge in [-0.2, -0.15) is 0 Å². The maximum Gasteiger partial charge on any atom is 0.259 e. The summed E-state index contributed by atoms with van der Waals surface area (Å²) in [6.07, 6.45) is 2.05. The molecule has 0 bridgehead atoms. The molecule has 0 saturated carbocycles. The average Bonchev–Trinajstić information content (AvgIpc) is 2.89. The standard InChI is InChI=1S/C19H23N3OS/c1-4-12(2)10-15-13(3)24-19-17(15)18(23)21-16(22-19)11-20-14-8-6-5-7-9-14/h5-9,12,20H,4,10-11H2,1-3H3,(H,21,22,23)/t12-/m0/s1. The van der Waals surface area contributed by atoms with E-state index in [0.717, 1.165) is 28.7 Å². The Balaban J connectivity index is 1.89. The summed E-state index contributed by atoms with van der Waals surface area (Å²) in [6, 6.07) is 9.92. The van der Waals surface area contributed by atoms with Crippen LogP contribution in [0.2, 0.25) is 0 Å². The van der Waals surface area contributed by atoms with Crippen molar-refractivity contribution in [2.75, 3.05) is 5.32 Å². The first-order chi connectivity index (χ1) is 11.6. The molecule has 0 fully saturated rings. The lowest BCUT2D eigenvalue weighted by Gasteiger charge is -2.08. The van der Waals surface area contributed by atoms with Crippen LogP contribution in [0, 0.1) is 12.8 Å². The molecule has 2 N–H and O–H groups in total. The number of hydrogen-bond acceptors (Lipinski definition) is 4. The van der Waals surface area contributed by atoms with Gasteiger partial charge in [0, 0.05) is 10.6 Å². The molecular formula is C19H23N3OS. The van der Waals surface area contributed by atoms with Crippen LogP contribution in [-0.4, -0.2) is 9.97 Å². The average molecular weight is 341 g/mol. The number of para-hydroxylation sites is 1.